The molecular formula is C11H5Br2F2N5S. The number of nitrogen functional groups attached to an aromatic ring is 2. The third kappa shape index (κ3) is 2.00. The molecule has 0 amide bonds. The Morgan fingerprint density at radius 1 is 1.05 bits per heavy atom. The molecule has 0 saturated heterocycles. The molecule has 0 spiro atoms. The van der Waals surface area contributed by atoms with Gasteiger partial charge in [-0.25, -0.2) is 18.8 Å². The van der Waals surface area contributed by atoms with Crippen molar-refractivity contribution in [3.05, 3.63) is 36.6 Å². The topological polar surface area (TPSA) is 101 Å². The molecule has 0 aliphatic carbocycles. The van der Waals surface area contributed by atoms with Gasteiger partial charge >= 0.3 is 0 Å². The molecule has 0 fully saturated rings. The number of nitrogens with two attached hydrogens (primary N) is 2. The van der Waals surface area contributed by atoms with Crippen LogP contribution in [0.4, 0.5) is 19.7 Å². The molecule has 0 bridgehead atoms. The zero-order valence-electron chi connectivity index (χ0n) is 9.97. The Kier molecular flexibility index (Phi) is 3.34. The fourth-order valence-corrected chi connectivity index (χ4v) is 3.48. The maximum absolute atomic E-state index is 14.5. The lowest BCUT2D eigenvalue weighted by Gasteiger charge is -2.09. The zero-order valence-corrected chi connectivity index (χ0v) is 14.0. The number of aliphatic imine (C=N–C) groups is 1. The van der Waals surface area contributed by atoms with Crippen molar-refractivity contribution in [2.45, 2.75) is 0 Å². The third-order valence-electron chi connectivity index (χ3n) is 2.85. The van der Waals surface area contributed by atoms with Crippen molar-refractivity contribution in [1.29, 1.82) is 5.41 Å². The average Bonchev–Trinajstić information content (AvgIpc) is 2.93. The van der Waals surface area contributed by atoms with Crippen LogP contribution >= 0.6 is 43.2 Å². The average molecular weight is 437 g/mol. The van der Waals surface area contributed by atoms with Crippen molar-refractivity contribution < 1.29 is 8.78 Å². The number of aromatic nitrogens is 1. The van der Waals surface area contributed by atoms with E-state index in [1.807, 2.05) is 0 Å². The minimum Gasteiger partial charge on any atom is -0.382 e. The lowest BCUT2D eigenvalue weighted by atomic mass is 10.0. The van der Waals surface area contributed by atoms with Crippen LogP contribution in [0.2, 0.25) is 0 Å². The standard InChI is InChI=1S/C11H5Br2F2N5S/c12-3-4(13)6(15)2-1(5(3)14)7(19-9(2)16)8-10(17)20-11(18)21-8/h16H,17H2,(H2,18,20). The number of rotatable bonds is 1. The van der Waals surface area contributed by atoms with Crippen LogP contribution in [0.3, 0.4) is 0 Å². The Labute approximate surface area is 137 Å². The summed E-state index contributed by atoms with van der Waals surface area (Å²) < 4.78 is 28.6. The van der Waals surface area contributed by atoms with Crippen LogP contribution in [0.15, 0.2) is 13.9 Å². The molecule has 5 N–H and O–H groups in total. The molecule has 0 radical (unpaired) electrons. The number of nitrogens with one attached hydrogen (secondary N) is 1. The summed E-state index contributed by atoms with van der Waals surface area (Å²) in [4.78, 5) is 8.06. The van der Waals surface area contributed by atoms with Gasteiger partial charge in [-0.05, 0) is 31.9 Å². The Hall–Kier alpha value is -1.39. The van der Waals surface area contributed by atoms with Crippen LogP contribution in [-0.4, -0.2) is 16.5 Å². The highest BCUT2D eigenvalue weighted by molar-refractivity contribution is 9.13. The van der Waals surface area contributed by atoms with Gasteiger partial charge < -0.3 is 11.5 Å². The van der Waals surface area contributed by atoms with Gasteiger partial charge in [-0.3, -0.25) is 5.41 Å². The van der Waals surface area contributed by atoms with E-state index < -0.39 is 11.6 Å². The molecule has 0 atom stereocenters. The number of fused-ring (bicyclic) bond motifs is 1. The zero-order chi connectivity index (χ0) is 15.5. The van der Waals surface area contributed by atoms with Crippen molar-refractivity contribution in [2.75, 3.05) is 11.5 Å². The molecule has 1 aliphatic heterocycles. The highest BCUT2D eigenvalue weighted by Gasteiger charge is 2.34. The number of nitrogens with zero attached hydrogens (tertiary/aromatic N) is 2. The Morgan fingerprint density at radius 3 is 2.14 bits per heavy atom. The van der Waals surface area contributed by atoms with Gasteiger partial charge in [0.1, 0.15) is 17.5 Å². The van der Waals surface area contributed by atoms with Crippen LogP contribution in [0, 0.1) is 17.0 Å². The van der Waals surface area contributed by atoms with Crippen LogP contribution in [-0.2, 0) is 0 Å². The lowest BCUT2D eigenvalue weighted by molar-refractivity contribution is 0.585. The predicted molar refractivity (Wildman–Crippen MR) is 85.2 cm³/mol. The van der Waals surface area contributed by atoms with Gasteiger partial charge in [0.2, 0.25) is 0 Å². The second-order valence-electron chi connectivity index (χ2n) is 4.08. The predicted octanol–water partition coefficient (Wildman–Crippen LogP) is 3.29. The summed E-state index contributed by atoms with van der Waals surface area (Å²) in [6, 6.07) is 0. The molecule has 1 aliphatic rings. The van der Waals surface area contributed by atoms with Crippen molar-refractivity contribution in [3.8, 4) is 0 Å². The molecule has 108 valence electrons. The number of amidine groups is 1. The van der Waals surface area contributed by atoms with Crippen molar-refractivity contribution in [3.63, 3.8) is 0 Å². The number of halogens is 4. The normalized spacial score (nSPS) is 13.5. The molecule has 0 saturated carbocycles. The maximum Gasteiger partial charge on any atom is 0.182 e. The quantitative estimate of drug-likeness (QED) is 0.472. The number of thiazole rings is 1. The highest BCUT2D eigenvalue weighted by atomic mass is 79.9. The summed E-state index contributed by atoms with van der Waals surface area (Å²) in [6.07, 6.45) is 0. The van der Waals surface area contributed by atoms with Crippen molar-refractivity contribution in [1.82, 2.24) is 4.98 Å². The molecule has 3 rings (SSSR count). The lowest BCUT2D eigenvalue weighted by Crippen LogP contribution is -2.08. The SMILES string of the molecule is N=C1N=C(c2sc(N)nc2N)c2c(F)c(Br)c(Br)c(F)c21. The van der Waals surface area contributed by atoms with Gasteiger partial charge in [-0.2, -0.15) is 0 Å². The summed E-state index contributed by atoms with van der Waals surface area (Å²) in [5.74, 6) is -1.81. The Morgan fingerprint density at radius 2 is 1.62 bits per heavy atom. The highest BCUT2D eigenvalue weighted by Crippen LogP contribution is 2.39. The van der Waals surface area contributed by atoms with Gasteiger partial charge in [0.15, 0.2) is 11.0 Å². The molecule has 1 aromatic carbocycles. The molecule has 1 aromatic heterocycles. The monoisotopic (exact) mass is 435 g/mol. The first-order valence-electron chi connectivity index (χ1n) is 5.39. The van der Waals surface area contributed by atoms with E-state index in [9.17, 15) is 8.78 Å². The van der Waals surface area contributed by atoms with Gasteiger partial charge in [-0.15, -0.1) is 0 Å². The Bertz CT molecular complexity index is 846. The van der Waals surface area contributed by atoms with Gasteiger partial charge in [-0.1, -0.05) is 11.3 Å². The maximum atomic E-state index is 14.5. The number of hydrogen-bond donors (Lipinski definition) is 3. The van der Waals surface area contributed by atoms with E-state index in [0.29, 0.717) is 4.88 Å². The van der Waals surface area contributed by atoms with Crippen LogP contribution in [0.5, 0.6) is 0 Å². The summed E-state index contributed by atoms with van der Waals surface area (Å²) in [6.45, 7) is 0. The minimum absolute atomic E-state index is 0.0614. The molecule has 2 heterocycles. The first-order valence-corrected chi connectivity index (χ1v) is 7.79. The summed E-state index contributed by atoms with van der Waals surface area (Å²) >= 11 is 6.91. The molecule has 0 unspecified atom stereocenters. The first-order chi connectivity index (χ1) is 9.82. The van der Waals surface area contributed by atoms with E-state index in [4.69, 9.17) is 16.9 Å². The smallest absolute Gasteiger partial charge is 0.182 e. The van der Waals surface area contributed by atoms with Crippen molar-refractivity contribution in [2.24, 2.45) is 4.99 Å². The van der Waals surface area contributed by atoms with Crippen LogP contribution in [0.25, 0.3) is 0 Å². The first kappa shape index (κ1) is 14.5. The Balaban J connectivity index is 2.35. The summed E-state index contributed by atoms with van der Waals surface area (Å²) in [7, 11) is 0. The fraction of sp³-hybridized carbons (Fsp3) is 0. The molecule has 10 heteroatoms. The number of benzene rings is 1. The second kappa shape index (κ2) is 4.82. The van der Waals surface area contributed by atoms with Crippen LogP contribution < -0.4 is 11.5 Å². The van der Waals surface area contributed by atoms with E-state index in [0.717, 1.165) is 11.3 Å². The van der Waals surface area contributed by atoms with E-state index in [2.05, 4.69) is 41.8 Å². The molecule has 5 nitrogen and oxygen atoms in total. The molecule has 2 aromatic rings. The van der Waals surface area contributed by atoms with E-state index >= 15 is 0 Å². The number of hydrogen-bond acceptors (Lipinski definition) is 5. The fourth-order valence-electron chi connectivity index (χ4n) is 1.98. The van der Waals surface area contributed by atoms with E-state index in [1.54, 1.807) is 0 Å². The largest absolute Gasteiger partial charge is 0.382 e. The van der Waals surface area contributed by atoms with Crippen LogP contribution in [0.1, 0.15) is 16.0 Å². The number of anilines is 2. The second-order valence-corrected chi connectivity index (χ2v) is 6.70. The van der Waals surface area contributed by atoms with E-state index in [-0.39, 0.29) is 42.6 Å². The third-order valence-corrected chi connectivity index (χ3v) is 5.78. The van der Waals surface area contributed by atoms with Gasteiger partial charge in [0, 0.05) is 0 Å². The minimum atomic E-state index is -0.766. The molecule has 21 heavy (non-hydrogen) atoms. The molecular weight excluding hydrogens is 432 g/mol. The summed E-state index contributed by atoms with van der Waals surface area (Å²) in [5.41, 5.74) is 11.0. The van der Waals surface area contributed by atoms with E-state index in [1.165, 1.54) is 0 Å². The van der Waals surface area contributed by atoms with Crippen molar-refractivity contribution >= 4 is 65.7 Å². The van der Waals surface area contributed by atoms with Gasteiger partial charge in [0.25, 0.3) is 0 Å². The van der Waals surface area contributed by atoms with Gasteiger partial charge in [0.05, 0.1) is 30.7 Å². The summed E-state index contributed by atoms with van der Waals surface area (Å²) in [5, 5.41) is 7.96.